The molecule has 9 heteroatoms. The number of carbonyl (C=O) groups is 2. The van der Waals surface area contributed by atoms with Crippen molar-refractivity contribution >= 4 is 40.4 Å². The normalized spacial score (nSPS) is 11.2. The predicted octanol–water partition coefficient (Wildman–Crippen LogP) is 4.20. The molecule has 1 heterocycles. The third-order valence-corrected chi connectivity index (χ3v) is 4.40. The zero-order valence-electron chi connectivity index (χ0n) is 13.1. The zero-order valence-corrected chi connectivity index (χ0v) is 14.6. The molecule has 1 aromatic heterocycles. The Kier molecular flexibility index (Phi) is 6.07. The van der Waals surface area contributed by atoms with Crippen molar-refractivity contribution in [1.29, 1.82) is 0 Å². The number of anilines is 1. The first kappa shape index (κ1) is 19.3. The van der Waals surface area contributed by atoms with E-state index in [0.717, 1.165) is 24.0 Å². The summed E-state index contributed by atoms with van der Waals surface area (Å²) in [4.78, 5) is 25.1. The maximum Gasteiger partial charge on any atom is 0.418 e. The van der Waals surface area contributed by atoms with Crippen LogP contribution in [0.4, 0.5) is 18.9 Å². The van der Waals surface area contributed by atoms with Gasteiger partial charge in [0.15, 0.2) is 0 Å². The van der Waals surface area contributed by atoms with Crippen molar-refractivity contribution in [1.82, 2.24) is 5.32 Å². The molecular formula is C16H14ClF3N2O2S. The second-order valence-corrected chi connectivity index (χ2v) is 6.45. The fraction of sp³-hybridized carbons (Fsp3) is 0.250. The van der Waals surface area contributed by atoms with Gasteiger partial charge in [-0.25, -0.2) is 0 Å². The van der Waals surface area contributed by atoms with Crippen LogP contribution in [0.1, 0.15) is 22.2 Å². The minimum absolute atomic E-state index is 0.0102. The topological polar surface area (TPSA) is 49.4 Å². The summed E-state index contributed by atoms with van der Waals surface area (Å²) >= 11 is 6.89. The number of carbonyl (C=O) groups excluding carboxylic acids is 2. The van der Waals surface area contributed by atoms with Gasteiger partial charge in [0.2, 0.25) is 5.91 Å². The van der Waals surface area contributed by atoms with Crippen LogP contribution >= 0.6 is 22.9 Å². The van der Waals surface area contributed by atoms with Crippen LogP contribution in [0, 0.1) is 0 Å². The number of halogens is 4. The van der Waals surface area contributed by atoms with Gasteiger partial charge in [-0.3, -0.25) is 9.59 Å². The van der Waals surface area contributed by atoms with E-state index in [1.165, 1.54) is 17.4 Å². The molecule has 0 atom stereocenters. The van der Waals surface area contributed by atoms with E-state index in [4.69, 9.17) is 11.6 Å². The van der Waals surface area contributed by atoms with Crippen LogP contribution in [0.15, 0.2) is 35.7 Å². The Morgan fingerprint density at radius 2 is 2.00 bits per heavy atom. The summed E-state index contributed by atoms with van der Waals surface area (Å²) in [6.45, 7) is 1.07. The summed E-state index contributed by atoms with van der Waals surface area (Å²) in [5, 5.41) is 4.24. The molecule has 2 rings (SSSR count). The molecule has 2 aromatic rings. The van der Waals surface area contributed by atoms with Crippen LogP contribution in [-0.4, -0.2) is 24.9 Å². The number of alkyl halides is 3. The Labute approximate surface area is 151 Å². The summed E-state index contributed by atoms with van der Waals surface area (Å²) in [6.07, 6.45) is -4.66. The van der Waals surface area contributed by atoms with Crippen LogP contribution in [0.3, 0.4) is 0 Å². The van der Waals surface area contributed by atoms with Gasteiger partial charge in [-0.05, 0) is 29.6 Å². The highest BCUT2D eigenvalue weighted by Crippen LogP contribution is 2.38. The fourth-order valence-corrected chi connectivity index (χ4v) is 3.01. The Morgan fingerprint density at radius 3 is 2.56 bits per heavy atom. The van der Waals surface area contributed by atoms with E-state index >= 15 is 0 Å². The average molecular weight is 391 g/mol. The molecule has 0 saturated carbocycles. The van der Waals surface area contributed by atoms with Crippen molar-refractivity contribution in [3.05, 3.63) is 51.2 Å². The van der Waals surface area contributed by atoms with E-state index in [9.17, 15) is 22.8 Å². The molecule has 0 aliphatic carbocycles. The largest absolute Gasteiger partial charge is 0.418 e. The van der Waals surface area contributed by atoms with Gasteiger partial charge in [0.25, 0.3) is 5.91 Å². The third-order valence-electron chi connectivity index (χ3n) is 3.30. The number of nitrogens with one attached hydrogen (secondary N) is 1. The number of rotatable bonds is 5. The molecule has 2 amide bonds. The molecule has 25 heavy (non-hydrogen) atoms. The maximum atomic E-state index is 13.2. The third kappa shape index (κ3) is 4.96. The van der Waals surface area contributed by atoms with Gasteiger partial charge in [-0.2, -0.15) is 13.2 Å². The van der Waals surface area contributed by atoms with Crippen LogP contribution in [0.5, 0.6) is 0 Å². The van der Waals surface area contributed by atoms with Gasteiger partial charge < -0.3 is 10.2 Å². The smallest absolute Gasteiger partial charge is 0.350 e. The average Bonchev–Trinajstić information content (AvgIpc) is 3.05. The number of amides is 2. The first-order chi connectivity index (χ1) is 11.7. The Balaban J connectivity index is 2.16. The molecule has 1 aromatic carbocycles. The number of nitrogens with zero attached hydrogens (tertiary/aromatic N) is 1. The van der Waals surface area contributed by atoms with Crippen molar-refractivity contribution in [2.45, 2.75) is 13.1 Å². The van der Waals surface area contributed by atoms with Crippen molar-refractivity contribution in [3.63, 3.8) is 0 Å². The molecular weight excluding hydrogens is 377 g/mol. The predicted molar refractivity (Wildman–Crippen MR) is 91.1 cm³/mol. The lowest BCUT2D eigenvalue weighted by Gasteiger charge is -2.25. The van der Waals surface area contributed by atoms with Gasteiger partial charge in [0, 0.05) is 25.0 Å². The van der Waals surface area contributed by atoms with Gasteiger partial charge in [0.1, 0.15) is 0 Å². The van der Waals surface area contributed by atoms with E-state index in [1.54, 1.807) is 17.5 Å². The standard InChI is InChI=1S/C16H14ClF3N2O2S/c1-10(23)22(7-6-21-15(24)14-3-2-8-25-14)13-5-4-11(17)9-12(13)16(18,19)20/h2-5,8-9H,6-7H2,1H3,(H,21,24). The van der Waals surface area contributed by atoms with Crippen molar-refractivity contribution in [2.75, 3.05) is 18.0 Å². The van der Waals surface area contributed by atoms with Crippen LogP contribution in [0.25, 0.3) is 0 Å². The highest BCUT2D eigenvalue weighted by molar-refractivity contribution is 7.12. The van der Waals surface area contributed by atoms with E-state index < -0.39 is 17.6 Å². The van der Waals surface area contributed by atoms with E-state index in [-0.39, 0.29) is 29.7 Å². The Morgan fingerprint density at radius 1 is 1.28 bits per heavy atom. The molecule has 0 radical (unpaired) electrons. The SMILES string of the molecule is CC(=O)N(CCNC(=O)c1cccs1)c1ccc(Cl)cc1C(F)(F)F. The van der Waals surface area contributed by atoms with Crippen LogP contribution in [0.2, 0.25) is 5.02 Å². The summed E-state index contributed by atoms with van der Waals surface area (Å²) < 4.78 is 39.7. The second kappa shape index (κ2) is 7.88. The summed E-state index contributed by atoms with van der Waals surface area (Å²) in [7, 11) is 0. The highest BCUT2D eigenvalue weighted by atomic mass is 35.5. The lowest BCUT2D eigenvalue weighted by atomic mass is 10.1. The Bertz CT molecular complexity index is 763. The maximum absolute atomic E-state index is 13.2. The minimum atomic E-state index is -4.66. The van der Waals surface area contributed by atoms with Crippen molar-refractivity contribution in [2.24, 2.45) is 0 Å². The molecule has 0 fully saturated rings. The molecule has 0 aliphatic rings. The Hall–Kier alpha value is -2.06. The second-order valence-electron chi connectivity index (χ2n) is 5.06. The molecule has 0 bridgehead atoms. The first-order valence-corrected chi connectivity index (χ1v) is 8.42. The van der Waals surface area contributed by atoms with Gasteiger partial charge in [-0.1, -0.05) is 17.7 Å². The summed E-state index contributed by atoms with van der Waals surface area (Å²) in [5.41, 5.74) is -1.30. The van der Waals surface area contributed by atoms with E-state index in [1.807, 2.05) is 0 Å². The quantitative estimate of drug-likeness (QED) is 0.831. The molecule has 1 N–H and O–H groups in total. The first-order valence-electron chi connectivity index (χ1n) is 7.16. The van der Waals surface area contributed by atoms with E-state index in [2.05, 4.69) is 5.32 Å². The van der Waals surface area contributed by atoms with Crippen LogP contribution < -0.4 is 10.2 Å². The number of hydrogen-bond acceptors (Lipinski definition) is 3. The monoisotopic (exact) mass is 390 g/mol. The number of hydrogen-bond donors (Lipinski definition) is 1. The number of benzene rings is 1. The van der Waals surface area contributed by atoms with Gasteiger partial charge in [0.05, 0.1) is 16.1 Å². The van der Waals surface area contributed by atoms with Gasteiger partial charge >= 0.3 is 6.18 Å². The molecule has 4 nitrogen and oxygen atoms in total. The fourth-order valence-electron chi connectivity index (χ4n) is 2.19. The van der Waals surface area contributed by atoms with Crippen LogP contribution in [-0.2, 0) is 11.0 Å². The molecule has 0 aliphatic heterocycles. The summed E-state index contributed by atoms with van der Waals surface area (Å²) in [6, 6.07) is 6.55. The number of thiophene rings is 1. The summed E-state index contributed by atoms with van der Waals surface area (Å²) in [5.74, 6) is -0.913. The van der Waals surface area contributed by atoms with Crippen molar-refractivity contribution < 1.29 is 22.8 Å². The van der Waals surface area contributed by atoms with E-state index in [0.29, 0.717) is 4.88 Å². The highest BCUT2D eigenvalue weighted by Gasteiger charge is 2.35. The van der Waals surface area contributed by atoms with Crippen molar-refractivity contribution in [3.8, 4) is 0 Å². The molecule has 0 spiro atoms. The lowest BCUT2D eigenvalue weighted by Crippen LogP contribution is -2.38. The molecule has 0 saturated heterocycles. The lowest BCUT2D eigenvalue weighted by molar-refractivity contribution is -0.137. The minimum Gasteiger partial charge on any atom is -0.350 e. The molecule has 134 valence electrons. The zero-order chi connectivity index (χ0) is 18.6. The van der Waals surface area contributed by atoms with Gasteiger partial charge in [-0.15, -0.1) is 11.3 Å². The molecule has 0 unspecified atom stereocenters.